The van der Waals surface area contributed by atoms with E-state index in [9.17, 15) is 4.55 Å². The zero-order valence-electron chi connectivity index (χ0n) is 4.02. The first-order chi connectivity index (χ1) is 3.31. The molecule has 43 valence electrons. The summed E-state index contributed by atoms with van der Waals surface area (Å²) >= 11 is 2.48. The van der Waals surface area contributed by atoms with Crippen LogP contribution in [0.1, 0.15) is 0 Å². The van der Waals surface area contributed by atoms with E-state index in [-0.39, 0.29) is 0 Å². The monoisotopic (exact) mass is 183 g/mol. The zero-order valence-corrected chi connectivity index (χ0v) is 6.43. The van der Waals surface area contributed by atoms with Gasteiger partial charge in [-0.1, -0.05) is 27.1 Å². The lowest BCUT2D eigenvalue weighted by molar-refractivity contribution is 0.599. The lowest BCUT2D eigenvalue weighted by Gasteiger charge is -2.03. The molecule has 0 saturated heterocycles. The second-order valence-corrected chi connectivity index (χ2v) is 3.53. The molecule has 0 aliphatic heterocycles. The highest BCUT2D eigenvalue weighted by atomic mass is 79.9. The van der Waals surface area contributed by atoms with Crippen LogP contribution in [0.25, 0.3) is 0 Å². The molecule has 0 aromatic rings. The van der Waals surface area contributed by atoms with E-state index in [1.807, 2.05) is 0 Å². The lowest BCUT2D eigenvalue weighted by atomic mass is 11.0. The van der Waals surface area contributed by atoms with Crippen molar-refractivity contribution in [3.05, 3.63) is 6.92 Å². The third-order valence-corrected chi connectivity index (χ3v) is 2.57. The van der Waals surface area contributed by atoms with Crippen LogP contribution in [-0.2, 0) is 11.2 Å². The Labute approximate surface area is 55.8 Å². The molecule has 1 radical (unpaired) electrons. The highest BCUT2D eigenvalue weighted by molar-refractivity contribution is 9.09. The molecule has 0 spiro atoms. The van der Waals surface area contributed by atoms with Crippen molar-refractivity contribution in [1.82, 2.24) is 0 Å². The minimum atomic E-state index is -0.685. The number of hydrogen-bond acceptors (Lipinski definition) is 1. The average molecular weight is 184 g/mol. The SMILES string of the molecule is [CH2]C[S+]([O-])CCBr. The fourth-order valence-corrected chi connectivity index (χ4v) is 1.65. The summed E-state index contributed by atoms with van der Waals surface area (Å²) in [7, 11) is 0. The summed E-state index contributed by atoms with van der Waals surface area (Å²) in [4.78, 5) is 0. The van der Waals surface area contributed by atoms with Crippen molar-refractivity contribution in [3.8, 4) is 0 Å². The maximum atomic E-state index is 10.4. The molecular weight excluding hydrogens is 176 g/mol. The van der Waals surface area contributed by atoms with Gasteiger partial charge in [0, 0.05) is 5.33 Å². The smallest absolute Gasteiger partial charge is 0.115 e. The van der Waals surface area contributed by atoms with Gasteiger partial charge in [0.15, 0.2) is 0 Å². The van der Waals surface area contributed by atoms with Gasteiger partial charge in [0.25, 0.3) is 0 Å². The third-order valence-electron chi connectivity index (χ3n) is 0.532. The van der Waals surface area contributed by atoms with Gasteiger partial charge in [-0.05, 0) is 6.92 Å². The predicted molar refractivity (Wildman–Crippen MR) is 37.0 cm³/mol. The molecule has 3 heteroatoms. The van der Waals surface area contributed by atoms with Crippen LogP contribution in [0, 0.1) is 6.92 Å². The van der Waals surface area contributed by atoms with Crippen molar-refractivity contribution in [3.63, 3.8) is 0 Å². The Hall–Kier alpha value is 0.790. The van der Waals surface area contributed by atoms with E-state index in [0.717, 1.165) is 11.1 Å². The zero-order chi connectivity index (χ0) is 5.70. The number of rotatable bonds is 3. The summed E-state index contributed by atoms with van der Waals surface area (Å²) in [5.74, 6) is 1.26. The molecular formula is C4H8BrOS. The first kappa shape index (κ1) is 7.79. The Morgan fingerprint density at radius 2 is 2.29 bits per heavy atom. The summed E-state index contributed by atoms with van der Waals surface area (Å²) in [6, 6.07) is 0. The van der Waals surface area contributed by atoms with Crippen LogP contribution in [0.5, 0.6) is 0 Å². The van der Waals surface area contributed by atoms with Gasteiger partial charge in [-0.25, -0.2) is 0 Å². The standard InChI is InChI=1S/C4H8BrOS/c1-2-7(6)4-3-5/h1-4H2. The molecule has 0 aromatic carbocycles. The van der Waals surface area contributed by atoms with Gasteiger partial charge in [0.05, 0.1) is 0 Å². The topological polar surface area (TPSA) is 23.1 Å². The van der Waals surface area contributed by atoms with E-state index in [0.29, 0.717) is 5.75 Å². The van der Waals surface area contributed by atoms with Gasteiger partial charge in [-0.15, -0.1) is 0 Å². The fourth-order valence-electron chi connectivity index (χ4n) is 0.188. The van der Waals surface area contributed by atoms with Crippen LogP contribution in [-0.4, -0.2) is 21.4 Å². The molecule has 0 amide bonds. The van der Waals surface area contributed by atoms with Crippen LogP contribution in [0.4, 0.5) is 0 Å². The van der Waals surface area contributed by atoms with Crippen LogP contribution in [0.2, 0.25) is 0 Å². The van der Waals surface area contributed by atoms with Gasteiger partial charge < -0.3 is 4.55 Å². The Kier molecular flexibility index (Phi) is 5.49. The summed E-state index contributed by atoms with van der Waals surface area (Å²) in [5, 5.41) is 0.815. The molecule has 0 aliphatic rings. The minimum Gasteiger partial charge on any atom is -0.616 e. The average Bonchev–Trinajstić information content (AvgIpc) is 1.68. The third kappa shape index (κ3) is 4.65. The van der Waals surface area contributed by atoms with E-state index in [2.05, 4.69) is 22.9 Å². The van der Waals surface area contributed by atoms with Crippen LogP contribution in [0.3, 0.4) is 0 Å². The quantitative estimate of drug-likeness (QED) is 0.473. The number of halogens is 1. The molecule has 1 nitrogen and oxygen atoms in total. The molecule has 1 atom stereocenters. The summed E-state index contributed by atoms with van der Waals surface area (Å²) in [6.07, 6.45) is 0. The van der Waals surface area contributed by atoms with E-state index >= 15 is 0 Å². The Morgan fingerprint density at radius 3 is 2.43 bits per heavy atom. The summed E-state index contributed by atoms with van der Waals surface area (Å²) < 4.78 is 10.4. The first-order valence-corrected chi connectivity index (χ1v) is 4.62. The van der Waals surface area contributed by atoms with E-state index in [1.165, 1.54) is 0 Å². The summed E-state index contributed by atoms with van der Waals surface area (Å²) in [6.45, 7) is 3.48. The maximum absolute atomic E-state index is 10.4. The lowest BCUT2D eigenvalue weighted by Crippen LogP contribution is -2.09. The first-order valence-electron chi connectivity index (χ1n) is 2.01. The normalized spacial score (nSPS) is 14.1. The molecule has 0 fully saturated rings. The molecule has 0 aliphatic carbocycles. The second-order valence-electron chi connectivity index (χ2n) is 1.04. The van der Waals surface area contributed by atoms with Gasteiger partial charge in [-0.2, -0.15) is 0 Å². The van der Waals surface area contributed by atoms with Gasteiger partial charge in [0.2, 0.25) is 0 Å². The largest absolute Gasteiger partial charge is 0.616 e. The van der Waals surface area contributed by atoms with Gasteiger partial charge in [0.1, 0.15) is 11.5 Å². The minimum absolute atomic E-state index is 0.533. The predicted octanol–water partition coefficient (Wildman–Crippen LogP) is 0.964. The molecule has 0 rings (SSSR count). The highest BCUT2D eigenvalue weighted by Gasteiger charge is 1.96. The Bertz CT molecular complexity index is 42.7. The molecule has 0 N–H and O–H groups in total. The van der Waals surface area contributed by atoms with E-state index in [4.69, 9.17) is 0 Å². The van der Waals surface area contributed by atoms with Crippen molar-refractivity contribution in [2.75, 3.05) is 16.8 Å². The van der Waals surface area contributed by atoms with Crippen molar-refractivity contribution in [2.24, 2.45) is 0 Å². The number of hydrogen-bond donors (Lipinski definition) is 0. The molecule has 1 unspecified atom stereocenters. The summed E-state index contributed by atoms with van der Waals surface area (Å²) in [5.41, 5.74) is 0. The fraction of sp³-hybridized carbons (Fsp3) is 0.750. The second kappa shape index (κ2) is 4.94. The van der Waals surface area contributed by atoms with Crippen molar-refractivity contribution < 1.29 is 4.55 Å². The number of alkyl halides is 1. The van der Waals surface area contributed by atoms with Gasteiger partial charge >= 0.3 is 0 Å². The Balaban J connectivity index is 2.83. The van der Waals surface area contributed by atoms with E-state index < -0.39 is 11.2 Å². The van der Waals surface area contributed by atoms with Crippen LogP contribution < -0.4 is 0 Å². The molecule has 0 bridgehead atoms. The van der Waals surface area contributed by atoms with Crippen LogP contribution >= 0.6 is 15.9 Å². The van der Waals surface area contributed by atoms with Crippen molar-refractivity contribution in [2.45, 2.75) is 0 Å². The molecule has 0 aromatic heterocycles. The molecule has 0 heterocycles. The van der Waals surface area contributed by atoms with E-state index in [1.54, 1.807) is 0 Å². The Morgan fingerprint density at radius 1 is 1.71 bits per heavy atom. The van der Waals surface area contributed by atoms with Gasteiger partial charge in [-0.3, -0.25) is 0 Å². The highest BCUT2D eigenvalue weighted by Crippen LogP contribution is 1.90. The molecule has 7 heavy (non-hydrogen) atoms. The van der Waals surface area contributed by atoms with Crippen LogP contribution in [0.15, 0.2) is 0 Å². The van der Waals surface area contributed by atoms with Crippen molar-refractivity contribution >= 4 is 27.1 Å². The molecule has 0 saturated carbocycles. The maximum Gasteiger partial charge on any atom is 0.115 e. The van der Waals surface area contributed by atoms with Crippen molar-refractivity contribution in [1.29, 1.82) is 0 Å².